The molecule has 5 aliphatic heterocycles. The van der Waals surface area contributed by atoms with Gasteiger partial charge in [-0.25, -0.2) is 0 Å². The third-order valence-electron chi connectivity index (χ3n) is 9.10. The molecule has 1 aromatic carbocycles. The van der Waals surface area contributed by atoms with Gasteiger partial charge < -0.3 is 29.0 Å². The number of amides is 1. The number of ether oxygens (including phenoxy) is 3. The predicted molar refractivity (Wildman–Crippen MR) is 108 cm³/mol. The maximum Gasteiger partial charge on any atom is 0.229 e. The Morgan fingerprint density at radius 3 is 2.87 bits per heavy atom. The highest BCUT2D eigenvalue weighted by Crippen LogP contribution is 2.68. The molecule has 1 aromatic rings. The van der Waals surface area contributed by atoms with Crippen molar-refractivity contribution >= 4 is 11.6 Å². The number of piperidine rings is 2. The number of quaternary nitrogens is 1. The zero-order valence-electron chi connectivity index (χ0n) is 17.3. The van der Waals surface area contributed by atoms with Crippen molar-refractivity contribution in [3.8, 4) is 11.5 Å². The SMILES string of the molecule is COc1cc2c(cc1OC)[C@]13CC[N+]4([O-])CC5=CCO[C@@H]6CC(=O)N2[C@@H]1[C@@H]6[C@H]5C[C@H]34. The summed E-state index contributed by atoms with van der Waals surface area (Å²) in [5.74, 6) is 1.98. The maximum absolute atomic E-state index is 14.1. The summed E-state index contributed by atoms with van der Waals surface area (Å²) in [6.45, 7) is 1.70. The fraction of sp³-hybridized carbons (Fsp3) is 0.609. The van der Waals surface area contributed by atoms with Crippen LogP contribution in [0, 0.1) is 17.0 Å². The van der Waals surface area contributed by atoms with Crippen molar-refractivity contribution in [1.29, 1.82) is 0 Å². The number of hydrogen-bond donors (Lipinski definition) is 0. The second-order valence-electron chi connectivity index (χ2n) is 9.85. The molecule has 4 fully saturated rings. The van der Waals surface area contributed by atoms with Crippen LogP contribution >= 0.6 is 0 Å². The van der Waals surface area contributed by atoms with Crippen molar-refractivity contribution in [3.05, 3.63) is 34.6 Å². The van der Waals surface area contributed by atoms with Crippen LogP contribution in [0.3, 0.4) is 0 Å². The molecule has 1 unspecified atom stereocenters. The second-order valence-corrected chi connectivity index (χ2v) is 9.85. The first-order chi connectivity index (χ1) is 14.5. The van der Waals surface area contributed by atoms with Crippen LogP contribution in [-0.4, -0.2) is 62.7 Å². The first-order valence-electron chi connectivity index (χ1n) is 11.0. The van der Waals surface area contributed by atoms with E-state index in [1.54, 1.807) is 14.2 Å². The molecule has 158 valence electrons. The molecule has 5 heterocycles. The molecule has 3 saturated heterocycles. The van der Waals surface area contributed by atoms with Crippen LogP contribution in [0.15, 0.2) is 23.8 Å². The number of methoxy groups -OCH3 is 2. The van der Waals surface area contributed by atoms with Gasteiger partial charge in [0.25, 0.3) is 0 Å². The molecule has 7 heteroatoms. The minimum absolute atomic E-state index is 0.0185. The number of anilines is 1. The molecule has 1 saturated carbocycles. The van der Waals surface area contributed by atoms with Crippen LogP contribution in [0.25, 0.3) is 0 Å². The van der Waals surface area contributed by atoms with E-state index in [0.717, 1.165) is 24.1 Å². The van der Waals surface area contributed by atoms with Crippen molar-refractivity contribution in [2.45, 2.75) is 42.9 Å². The van der Waals surface area contributed by atoms with E-state index in [0.29, 0.717) is 43.5 Å². The molecule has 2 bridgehead atoms. The van der Waals surface area contributed by atoms with Gasteiger partial charge in [-0.2, -0.15) is 0 Å². The highest BCUT2D eigenvalue weighted by Gasteiger charge is 2.74. The summed E-state index contributed by atoms with van der Waals surface area (Å²) in [7, 11) is 3.26. The van der Waals surface area contributed by atoms with Gasteiger partial charge in [0.2, 0.25) is 5.91 Å². The highest BCUT2D eigenvalue weighted by molar-refractivity contribution is 5.99. The first-order valence-corrected chi connectivity index (χ1v) is 11.0. The molecule has 1 amide bonds. The Labute approximate surface area is 175 Å². The first kappa shape index (κ1) is 17.6. The lowest BCUT2D eigenvalue weighted by Gasteiger charge is -2.61. The zero-order chi connectivity index (χ0) is 20.4. The molecule has 0 radical (unpaired) electrons. The van der Waals surface area contributed by atoms with E-state index in [2.05, 4.69) is 6.08 Å². The fourth-order valence-electron chi connectivity index (χ4n) is 8.13. The van der Waals surface area contributed by atoms with Gasteiger partial charge in [-0.3, -0.25) is 4.79 Å². The Kier molecular flexibility index (Phi) is 3.16. The van der Waals surface area contributed by atoms with E-state index >= 15 is 0 Å². The Balaban J connectivity index is 1.54. The number of benzene rings is 1. The Morgan fingerprint density at radius 1 is 1.27 bits per heavy atom. The summed E-state index contributed by atoms with van der Waals surface area (Å²) < 4.78 is 17.3. The Bertz CT molecular complexity index is 1020. The number of nitrogens with zero attached hydrogens (tertiary/aromatic N) is 2. The van der Waals surface area contributed by atoms with Gasteiger partial charge in [-0.05, 0) is 23.1 Å². The Hall–Kier alpha value is -2.09. The van der Waals surface area contributed by atoms with Crippen LogP contribution in [0.2, 0.25) is 0 Å². The van der Waals surface area contributed by atoms with Gasteiger partial charge in [0.1, 0.15) is 12.6 Å². The number of hydroxylamine groups is 3. The van der Waals surface area contributed by atoms with E-state index in [1.165, 1.54) is 5.57 Å². The highest BCUT2D eigenvalue weighted by atomic mass is 16.6. The molecule has 6 aliphatic rings. The fourth-order valence-corrected chi connectivity index (χ4v) is 8.13. The van der Waals surface area contributed by atoms with E-state index in [1.807, 2.05) is 17.0 Å². The van der Waals surface area contributed by atoms with Crippen molar-refractivity contribution in [2.75, 3.05) is 38.8 Å². The molecule has 1 spiro atoms. The summed E-state index contributed by atoms with van der Waals surface area (Å²) >= 11 is 0. The maximum atomic E-state index is 14.1. The van der Waals surface area contributed by atoms with Gasteiger partial charge in [0.15, 0.2) is 11.5 Å². The predicted octanol–water partition coefficient (Wildman–Crippen LogP) is 2.12. The number of rotatable bonds is 2. The van der Waals surface area contributed by atoms with Crippen molar-refractivity contribution in [1.82, 2.24) is 0 Å². The molecule has 1 aliphatic carbocycles. The molecule has 0 aromatic heterocycles. The molecule has 0 N–H and O–H groups in total. The standard InChI is InChI=1S/C23H26N2O5/c1-28-16-8-14-15(9-17(16)29-2)24-20(26)10-18-21-13-7-19-23(14,22(21)24)4-5-25(19,27)11-12(13)3-6-30-18/h3,8-9,13,18-19,21-22H,4-7,10-11H2,1-2H3/t13-,18+,19+,21+,22+,23-,25?/m0/s1. The lowest BCUT2D eigenvalue weighted by Crippen LogP contribution is -2.71. The zero-order valence-corrected chi connectivity index (χ0v) is 17.3. The summed E-state index contributed by atoms with van der Waals surface area (Å²) in [6, 6.07) is 3.96. The van der Waals surface area contributed by atoms with E-state index < -0.39 is 0 Å². The van der Waals surface area contributed by atoms with Gasteiger partial charge >= 0.3 is 0 Å². The average Bonchev–Trinajstić information content (AvgIpc) is 3.15. The average molecular weight is 410 g/mol. The van der Waals surface area contributed by atoms with Crippen LogP contribution < -0.4 is 14.4 Å². The Morgan fingerprint density at radius 2 is 2.07 bits per heavy atom. The number of hydrogen-bond acceptors (Lipinski definition) is 5. The summed E-state index contributed by atoms with van der Waals surface area (Å²) in [5.41, 5.74) is 2.96. The lowest BCUT2D eigenvalue weighted by molar-refractivity contribution is -0.896. The normalized spacial score (nSPS) is 44.4. The molecule has 30 heavy (non-hydrogen) atoms. The minimum Gasteiger partial charge on any atom is -0.632 e. The van der Waals surface area contributed by atoms with E-state index in [-0.39, 0.29) is 40.1 Å². The third kappa shape index (κ3) is 1.75. The summed E-state index contributed by atoms with van der Waals surface area (Å²) in [5, 5.41) is 14.1. The lowest BCUT2D eigenvalue weighted by atomic mass is 9.53. The van der Waals surface area contributed by atoms with Crippen LogP contribution in [0.5, 0.6) is 11.5 Å². The largest absolute Gasteiger partial charge is 0.632 e. The topological polar surface area (TPSA) is 71.1 Å². The van der Waals surface area contributed by atoms with E-state index in [9.17, 15) is 10.0 Å². The van der Waals surface area contributed by atoms with Gasteiger partial charge in [-0.15, -0.1) is 0 Å². The quantitative estimate of drug-likeness (QED) is 0.424. The minimum atomic E-state index is -0.328. The third-order valence-corrected chi connectivity index (χ3v) is 9.10. The van der Waals surface area contributed by atoms with Gasteiger partial charge in [0, 0.05) is 24.8 Å². The van der Waals surface area contributed by atoms with Crippen molar-refractivity contribution < 1.29 is 23.7 Å². The van der Waals surface area contributed by atoms with Crippen LogP contribution in [-0.2, 0) is 14.9 Å². The summed E-state index contributed by atoms with van der Waals surface area (Å²) in [4.78, 5) is 15.5. The van der Waals surface area contributed by atoms with E-state index in [4.69, 9.17) is 14.2 Å². The number of fused-ring (bicyclic) bond motifs is 2. The monoisotopic (exact) mass is 410 g/mol. The van der Waals surface area contributed by atoms with Crippen LogP contribution in [0.4, 0.5) is 5.69 Å². The van der Waals surface area contributed by atoms with Crippen LogP contribution in [0.1, 0.15) is 24.8 Å². The second kappa shape index (κ2) is 5.39. The molecule has 7 atom stereocenters. The van der Waals surface area contributed by atoms with Gasteiger partial charge in [-0.1, -0.05) is 6.08 Å². The van der Waals surface area contributed by atoms with Crippen molar-refractivity contribution in [3.63, 3.8) is 0 Å². The molecular formula is C23H26N2O5. The summed E-state index contributed by atoms with van der Waals surface area (Å²) in [6.07, 6.45) is 4.18. The van der Waals surface area contributed by atoms with Gasteiger partial charge in [0.05, 0.1) is 57.0 Å². The molecule has 7 rings (SSSR count). The molecule has 7 nitrogen and oxygen atoms in total. The molecular weight excluding hydrogens is 384 g/mol. The van der Waals surface area contributed by atoms with Crippen molar-refractivity contribution in [2.24, 2.45) is 11.8 Å². The number of carbonyl (C=O) groups excluding carboxylic acids is 1. The number of carbonyl (C=O) groups is 1. The smallest absolute Gasteiger partial charge is 0.229 e.